The van der Waals surface area contributed by atoms with Gasteiger partial charge in [-0.15, -0.1) is 10.2 Å². The Morgan fingerprint density at radius 1 is 1.05 bits per heavy atom. The van der Waals surface area contributed by atoms with Gasteiger partial charge in [-0.2, -0.15) is 5.26 Å². The van der Waals surface area contributed by atoms with E-state index in [2.05, 4.69) is 28.4 Å². The fraction of sp³-hybridized carbons (Fsp3) is 0.0625. The molecule has 0 amide bonds. The van der Waals surface area contributed by atoms with E-state index in [-0.39, 0.29) is 0 Å². The zero-order valence-corrected chi connectivity index (χ0v) is 11.9. The van der Waals surface area contributed by atoms with E-state index >= 15 is 0 Å². The van der Waals surface area contributed by atoms with Crippen LogP contribution in [0.3, 0.4) is 0 Å². The first-order valence-electron chi connectivity index (χ1n) is 6.36. The van der Waals surface area contributed by atoms with E-state index in [1.54, 1.807) is 18.2 Å². The summed E-state index contributed by atoms with van der Waals surface area (Å²) < 4.78 is 5.62. The maximum Gasteiger partial charge on any atom is 0.277 e. The topological polar surface area (TPSA) is 62.7 Å². The molecule has 21 heavy (non-hydrogen) atoms. The highest BCUT2D eigenvalue weighted by atomic mass is 32.2. The molecule has 1 heterocycles. The van der Waals surface area contributed by atoms with E-state index in [1.165, 1.54) is 17.3 Å². The lowest BCUT2D eigenvalue weighted by Crippen LogP contribution is -1.79. The molecule has 0 spiro atoms. The molecule has 0 saturated carbocycles. The summed E-state index contributed by atoms with van der Waals surface area (Å²) in [4.78, 5) is 0. The second-order valence-electron chi connectivity index (χ2n) is 4.34. The van der Waals surface area contributed by atoms with Crippen molar-refractivity contribution in [2.24, 2.45) is 0 Å². The van der Waals surface area contributed by atoms with Gasteiger partial charge in [0.15, 0.2) is 0 Å². The largest absolute Gasteiger partial charge is 0.411 e. The second-order valence-corrected chi connectivity index (χ2v) is 5.27. The smallest absolute Gasteiger partial charge is 0.277 e. The SMILES string of the molecule is N#Cc1cccc(-c2nnc(SCc3ccccc3)o2)c1. The first kappa shape index (κ1) is 13.4. The Bertz CT molecular complexity index is 777. The molecular formula is C16H11N3OS. The summed E-state index contributed by atoms with van der Waals surface area (Å²) in [6.07, 6.45) is 0. The van der Waals surface area contributed by atoms with Crippen LogP contribution in [-0.4, -0.2) is 10.2 Å². The fourth-order valence-corrected chi connectivity index (χ4v) is 2.54. The molecule has 0 N–H and O–H groups in total. The number of hydrogen-bond acceptors (Lipinski definition) is 5. The first-order valence-corrected chi connectivity index (χ1v) is 7.34. The van der Waals surface area contributed by atoms with Gasteiger partial charge in [0, 0.05) is 11.3 Å². The van der Waals surface area contributed by atoms with Gasteiger partial charge in [0.1, 0.15) is 0 Å². The van der Waals surface area contributed by atoms with Gasteiger partial charge in [0.05, 0.1) is 11.6 Å². The Balaban J connectivity index is 1.73. The van der Waals surface area contributed by atoms with Crippen molar-refractivity contribution in [3.05, 3.63) is 65.7 Å². The zero-order chi connectivity index (χ0) is 14.5. The van der Waals surface area contributed by atoms with Crippen LogP contribution in [0.25, 0.3) is 11.5 Å². The van der Waals surface area contributed by atoms with E-state index in [0.29, 0.717) is 16.7 Å². The highest BCUT2D eigenvalue weighted by Gasteiger charge is 2.09. The molecule has 4 nitrogen and oxygen atoms in total. The van der Waals surface area contributed by atoms with Crippen LogP contribution in [0.15, 0.2) is 64.2 Å². The van der Waals surface area contributed by atoms with E-state index in [1.807, 2.05) is 24.3 Å². The predicted molar refractivity (Wildman–Crippen MR) is 80.5 cm³/mol. The molecule has 2 aromatic carbocycles. The standard InChI is InChI=1S/C16H11N3OS/c17-10-13-7-4-8-14(9-13)15-18-19-16(20-15)21-11-12-5-2-1-3-6-12/h1-9H,11H2. The Morgan fingerprint density at radius 2 is 1.90 bits per heavy atom. The quantitative estimate of drug-likeness (QED) is 0.683. The number of thioether (sulfide) groups is 1. The molecule has 0 saturated heterocycles. The van der Waals surface area contributed by atoms with Crippen molar-refractivity contribution in [2.45, 2.75) is 11.0 Å². The van der Waals surface area contributed by atoms with Crippen LogP contribution in [0.4, 0.5) is 0 Å². The van der Waals surface area contributed by atoms with Crippen LogP contribution >= 0.6 is 11.8 Å². The molecule has 1 aromatic heterocycles. The summed E-state index contributed by atoms with van der Waals surface area (Å²) in [5.41, 5.74) is 2.53. The van der Waals surface area contributed by atoms with Gasteiger partial charge in [0.25, 0.3) is 5.22 Å². The lowest BCUT2D eigenvalue weighted by atomic mass is 10.1. The Morgan fingerprint density at radius 3 is 2.71 bits per heavy atom. The highest BCUT2D eigenvalue weighted by molar-refractivity contribution is 7.98. The zero-order valence-electron chi connectivity index (χ0n) is 11.1. The van der Waals surface area contributed by atoms with Gasteiger partial charge >= 0.3 is 0 Å². The molecule has 0 fully saturated rings. The van der Waals surface area contributed by atoms with Gasteiger partial charge < -0.3 is 4.42 Å². The monoisotopic (exact) mass is 293 g/mol. The van der Waals surface area contributed by atoms with Crippen LogP contribution in [0.5, 0.6) is 0 Å². The summed E-state index contributed by atoms with van der Waals surface area (Å²) in [6.45, 7) is 0. The molecule has 0 unspecified atom stereocenters. The van der Waals surface area contributed by atoms with Gasteiger partial charge in [-0.1, -0.05) is 48.2 Å². The molecule has 0 atom stereocenters. The minimum atomic E-state index is 0.433. The fourth-order valence-electron chi connectivity index (χ4n) is 1.83. The lowest BCUT2D eigenvalue weighted by Gasteiger charge is -1.97. The minimum Gasteiger partial charge on any atom is -0.411 e. The third kappa shape index (κ3) is 3.30. The van der Waals surface area contributed by atoms with Crippen molar-refractivity contribution >= 4 is 11.8 Å². The molecule has 3 rings (SSSR count). The van der Waals surface area contributed by atoms with Crippen LogP contribution in [0.1, 0.15) is 11.1 Å². The van der Waals surface area contributed by atoms with Gasteiger partial charge in [-0.25, -0.2) is 0 Å². The molecule has 0 aliphatic heterocycles. The lowest BCUT2D eigenvalue weighted by molar-refractivity contribution is 0.466. The average molecular weight is 293 g/mol. The molecule has 0 aliphatic rings. The first-order chi connectivity index (χ1) is 10.3. The molecule has 0 radical (unpaired) electrons. The van der Waals surface area contributed by atoms with Crippen LogP contribution < -0.4 is 0 Å². The van der Waals surface area contributed by atoms with Crippen LogP contribution in [0, 0.1) is 11.3 Å². The third-order valence-electron chi connectivity index (χ3n) is 2.85. The summed E-state index contributed by atoms with van der Waals surface area (Å²) in [5.74, 6) is 1.21. The van der Waals surface area contributed by atoms with Crippen molar-refractivity contribution in [2.75, 3.05) is 0 Å². The van der Waals surface area contributed by atoms with Crippen LogP contribution in [0.2, 0.25) is 0 Å². The minimum absolute atomic E-state index is 0.433. The second kappa shape index (κ2) is 6.25. The molecule has 102 valence electrons. The number of aromatic nitrogens is 2. The van der Waals surface area contributed by atoms with Crippen molar-refractivity contribution in [3.8, 4) is 17.5 Å². The normalized spacial score (nSPS) is 10.2. The predicted octanol–water partition coefficient (Wildman–Crippen LogP) is 3.90. The van der Waals surface area contributed by atoms with E-state index in [4.69, 9.17) is 9.68 Å². The van der Waals surface area contributed by atoms with Gasteiger partial charge in [-0.3, -0.25) is 0 Å². The molecule has 0 aliphatic carbocycles. The summed E-state index contributed by atoms with van der Waals surface area (Å²) >= 11 is 1.49. The van der Waals surface area contributed by atoms with Gasteiger partial charge in [0.2, 0.25) is 5.89 Å². The number of rotatable bonds is 4. The van der Waals surface area contributed by atoms with Crippen LogP contribution in [-0.2, 0) is 5.75 Å². The van der Waals surface area contributed by atoms with Crippen molar-refractivity contribution in [1.29, 1.82) is 5.26 Å². The maximum absolute atomic E-state index is 8.90. The molecule has 5 heteroatoms. The maximum atomic E-state index is 8.90. The summed E-state index contributed by atoms with van der Waals surface area (Å²) in [7, 11) is 0. The van der Waals surface area contributed by atoms with E-state index < -0.39 is 0 Å². The Hall–Kier alpha value is -2.58. The summed E-state index contributed by atoms with van der Waals surface area (Å²) in [6, 6.07) is 19.3. The Labute approximate surface area is 126 Å². The average Bonchev–Trinajstić information content (AvgIpc) is 3.03. The number of nitrogens with zero attached hydrogens (tertiary/aromatic N) is 3. The number of benzene rings is 2. The van der Waals surface area contributed by atoms with Gasteiger partial charge in [-0.05, 0) is 23.8 Å². The highest BCUT2D eigenvalue weighted by Crippen LogP contribution is 2.25. The molecular weight excluding hydrogens is 282 g/mol. The molecule has 0 bridgehead atoms. The molecule has 3 aromatic rings. The summed E-state index contributed by atoms with van der Waals surface area (Å²) in [5, 5.41) is 17.5. The third-order valence-corrected chi connectivity index (χ3v) is 3.74. The number of hydrogen-bond donors (Lipinski definition) is 0. The van der Waals surface area contributed by atoms with E-state index in [0.717, 1.165) is 11.3 Å². The Kier molecular flexibility index (Phi) is 3.99. The van der Waals surface area contributed by atoms with Crippen molar-refractivity contribution < 1.29 is 4.42 Å². The van der Waals surface area contributed by atoms with Crippen molar-refractivity contribution in [3.63, 3.8) is 0 Å². The van der Waals surface area contributed by atoms with Crippen molar-refractivity contribution in [1.82, 2.24) is 10.2 Å². The number of nitriles is 1. The van der Waals surface area contributed by atoms with E-state index in [9.17, 15) is 0 Å².